The van der Waals surface area contributed by atoms with E-state index in [0.29, 0.717) is 5.69 Å². The quantitative estimate of drug-likeness (QED) is 0.924. The molecule has 5 nitrogen and oxygen atoms in total. The summed E-state index contributed by atoms with van der Waals surface area (Å²) in [7, 11) is 2.87. The Kier molecular flexibility index (Phi) is 3.65. The molecule has 2 rings (SSSR count). The molecule has 0 heterocycles. The Bertz CT molecular complexity index is 599. The third-order valence-corrected chi connectivity index (χ3v) is 4.21. The molecule has 0 unspecified atom stereocenters. The van der Waals surface area contributed by atoms with Crippen LogP contribution in [0.15, 0.2) is 18.2 Å². The van der Waals surface area contributed by atoms with Crippen LogP contribution in [0.3, 0.4) is 0 Å². The molecule has 1 N–H and O–H groups in total. The lowest BCUT2D eigenvalue weighted by atomic mass is 10.1. The van der Waals surface area contributed by atoms with Crippen LogP contribution in [0.4, 0.5) is 10.1 Å². The Labute approximate surface area is 122 Å². The van der Waals surface area contributed by atoms with Gasteiger partial charge in [0, 0.05) is 18.8 Å². The zero-order valence-electron chi connectivity index (χ0n) is 12.4. The van der Waals surface area contributed by atoms with Gasteiger partial charge in [-0.3, -0.25) is 9.59 Å². The highest BCUT2D eigenvalue weighted by Crippen LogP contribution is 2.59. The predicted molar refractivity (Wildman–Crippen MR) is 74.8 cm³/mol. The number of carboxylic acid groups (broad SMARTS) is 1. The summed E-state index contributed by atoms with van der Waals surface area (Å²) in [5.41, 5.74) is -0.215. The van der Waals surface area contributed by atoms with E-state index in [4.69, 9.17) is 9.84 Å². The number of ether oxygens (including phenoxy) is 1. The molecule has 1 aromatic rings. The van der Waals surface area contributed by atoms with Crippen LogP contribution in [-0.4, -0.2) is 31.1 Å². The first-order chi connectivity index (χ1) is 9.71. The summed E-state index contributed by atoms with van der Waals surface area (Å²) in [4.78, 5) is 24.8. The molecule has 114 valence electrons. The highest BCUT2D eigenvalue weighted by Gasteiger charge is 2.66. The number of benzene rings is 1. The number of hydrogen-bond donors (Lipinski definition) is 1. The largest absolute Gasteiger partial charge is 0.494 e. The molecule has 21 heavy (non-hydrogen) atoms. The van der Waals surface area contributed by atoms with Crippen molar-refractivity contribution in [2.24, 2.45) is 17.3 Å². The zero-order valence-corrected chi connectivity index (χ0v) is 12.4. The van der Waals surface area contributed by atoms with Crippen molar-refractivity contribution < 1.29 is 23.8 Å². The van der Waals surface area contributed by atoms with Crippen molar-refractivity contribution in [1.29, 1.82) is 0 Å². The second kappa shape index (κ2) is 5.02. The molecule has 1 fully saturated rings. The molecule has 0 aromatic heterocycles. The smallest absolute Gasteiger partial charge is 0.307 e. The van der Waals surface area contributed by atoms with Gasteiger partial charge in [-0.15, -0.1) is 0 Å². The number of amides is 1. The molecule has 6 heteroatoms. The van der Waals surface area contributed by atoms with Gasteiger partial charge in [-0.05, 0) is 17.5 Å². The maximum atomic E-state index is 13.7. The predicted octanol–water partition coefficient (Wildman–Crippen LogP) is 2.15. The van der Waals surface area contributed by atoms with Gasteiger partial charge in [-0.1, -0.05) is 13.8 Å². The van der Waals surface area contributed by atoms with E-state index in [1.807, 2.05) is 0 Å². The summed E-state index contributed by atoms with van der Waals surface area (Å²) in [5.74, 6) is -3.07. The van der Waals surface area contributed by atoms with Crippen molar-refractivity contribution in [3.63, 3.8) is 0 Å². The topological polar surface area (TPSA) is 66.8 Å². The molecule has 1 amide bonds. The van der Waals surface area contributed by atoms with Crippen LogP contribution in [0.2, 0.25) is 0 Å². The molecule has 0 aliphatic heterocycles. The Morgan fingerprint density at radius 3 is 2.38 bits per heavy atom. The van der Waals surface area contributed by atoms with E-state index >= 15 is 0 Å². The number of rotatable bonds is 4. The molecular formula is C15H18FNO4. The van der Waals surface area contributed by atoms with Gasteiger partial charge in [0.1, 0.15) is 0 Å². The van der Waals surface area contributed by atoms with Gasteiger partial charge in [-0.2, -0.15) is 0 Å². The van der Waals surface area contributed by atoms with E-state index in [1.165, 1.54) is 31.2 Å². The molecular weight excluding hydrogens is 277 g/mol. The van der Waals surface area contributed by atoms with Crippen molar-refractivity contribution >= 4 is 17.6 Å². The molecule has 1 aliphatic rings. The van der Waals surface area contributed by atoms with Crippen LogP contribution in [0.1, 0.15) is 13.8 Å². The fraction of sp³-hybridized carbons (Fsp3) is 0.467. The van der Waals surface area contributed by atoms with Gasteiger partial charge in [-0.25, -0.2) is 4.39 Å². The number of carbonyl (C=O) groups excluding carboxylic acids is 1. The summed E-state index contributed by atoms with van der Waals surface area (Å²) in [6, 6.07) is 4.19. The van der Waals surface area contributed by atoms with E-state index in [9.17, 15) is 14.0 Å². The maximum absolute atomic E-state index is 13.7. The summed E-state index contributed by atoms with van der Waals surface area (Å²) in [6.45, 7) is 3.49. The highest BCUT2D eigenvalue weighted by molar-refractivity contribution is 6.01. The average molecular weight is 295 g/mol. The summed E-state index contributed by atoms with van der Waals surface area (Å²) >= 11 is 0. The van der Waals surface area contributed by atoms with Crippen LogP contribution in [0.25, 0.3) is 0 Å². The number of carboxylic acids is 1. The van der Waals surface area contributed by atoms with Crippen molar-refractivity contribution in [1.82, 2.24) is 0 Å². The molecule has 1 saturated carbocycles. The molecule has 0 bridgehead atoms. The summed E-state index contributed by atoms with van der Waals surface area (Å²) in [5, 5.41) is 9.13. The standard InChI is InChI=1S/C15H18FNO4/c1-15(2)11(12(15)14(19)20)13(18)17(3)8-5-6-10(21-4)9(16)7-8/h5-7,11-12H,1-4H3,(H,19,20)/t11-,12+/m0/s1. The second-order valence-electron chi connectivity index (χ2n) is 5.83. The lowest BCUT2D eigenvalue weighted by Crippen LogP contribution is -2.30. The Hall–Kier alpha value is -2.11. The van der Waals surface area contributed by atoms with Gasteiger partial charge in [0.15, 0.2) is 11.6 Å². The highest BCUT2D eigenvalue weighted by atomic mass is 19.1. The van der Waals surface area contributed by atoms with Crippen molar-refractivity contribution in [3.8, 4) is 5.75 Å². The van der Waals surface area contributed by atoms with Gasteiger partial charge in [0.25, 0.3) is 0 Å². The fourth-order valence-electron chi connectivity index (χ4n) is 2.76. The number of aliphatic carboxylic acids is 1. The number of methoxy groups -OCH3 is 1. The Balaban J connectivity index is 2.21. The summed E-state index contributed by atoms with van der Waals surface area (Å²) < 4.78 is 18.5. The van der Waals surface area contributed by atoms with E-state index in [1.54, 1.807) is 19.9 Å². The molecule has 1 aliphatic carbocycles. The van der Waals surface area contributed by atoms with Crippen LogP contribution in [0, 0.1) is 23.1 Å². The SMILES string of the molecule is COc1ccc(N(C)C(=O)[C@@H]2[C@H](C(=O)O)C2(C)C)cc1F. The summed E-state index contributed by atoms with van der Waals surface area (Å²) in [6.07, 6.45) is 0. The van der Waals surface area contributed by atoms with E-state index in [0.717, 1.165) is 0 Å². The normalized spacial score (nSPS) is 22.5. The van der Waals surface area contributed by atoms with Gasteiger partial charge < -0.3 is 14.7 Å². The molecule has 0 saturated heterocycles. The third-order valence-electron chi connectivity index (χ3n) is 4.21. The molecule has 2 atom stereocenters. The fourth-order valence-corrected chi connectivity index (χ4v) is 2.76. The number of nitrogens with zero attached hydrogens (tertiary/aromatic N) is 1. The van der Waals surface area contributed by atoms with Crippen molar-refractivity contribution in [2.75, 3.05) is 19.1 Å². The number of hydrogen-bond acceptors (Lipinski definition) is 3. The van der Waals surface area contributed by atoms with Crippen LogP contribution >= 0.6 is 0 Å². The first-order valence-corrected chi connectivity index (χ1v) is 6.55. The minimum Gasteiger partial charge on any atom is -0.494 e. The van der Waals surface area contributed by atoms with E-state index in [-0.39, 0.29) is 11.7 Å². The minimum atomic E-state index is -0.979. The zero-order chi connectivity index (χ0) is 15.9. The van der Waals surface area contributed by atoms with Crippen molar-refractivity contribution in [2.45, 2.75) is 13.8 Å². The van der Waals surface area contributed by atoms with Gasteiger partial charge in [0.05, 0.1) is 18.9 Å². The lowest BCUT2D eigenvalue weighted by Gasteiger charge is -2.18. The van der Waals surface area contributed by atoms with Crippen LogP contribution in [-0.2, 0) is 9.59 Å². The van der Waals surface area contributed by atoms with Gasteiger partial charge >= 0.3 is 5.97 Å². The first-order valence-electron chi connectivity index (χ1n) is 6.55. The Morgan fingerprint density at radius 2 is 1.95 bits per heavy atom. The van der Waals surface area contributed by atoms with Gasteiger partial charge in [0.2, 0.25) is 5.91 Å². The number of halogens is 1. The van der Waals surface area contributed by atoms with E-state index in [2.05, 4.69) is 0 Å². The lowest BCUT2D eigenvalue weighted by molar-refractivity contribution is -0.140. The van der Waals surface area contributed by atoms with Crippen molar-refractivity contribution in [3.05, 3.63) is 24.0 Å². The molecule has 0 spiro atoms. The van der Waals surface area contributed by atoms with E-state index < -0.39 is 29.0 Å². The van der Waals surface area contributed by atoms with Crippen LogP contribution < -0.4 is 9.64 Å². The monoisotopic (exact) mass is 295 g/mol. The minimum absolute atomic E-state index is 0.0924. The van der Waals surface area contributed by atoms with Crippen LogP contribution in [0.5, 0.6) is 5.75 Å². The third kappa shape index (κ3) is 2.46. The average Bonchev–Trinajstić information content (AvgIpc) is 3.00. The first kappa shape index (κ1) is 15.3. The molecule has 1 aromatic carbocycles. The maximum Gasteiger partial charge on any atom is 0.307 e. The number of carbonyl (C=O) groups is 2. The molecule has 0 radical (unpaired) electrons. The number of anilines is 1. The Morgan fingerprint density at radius 1 is 1.33 bits per heavy atom. The second-order valence-corrected chi connectivity index (χ2v) is 5.83.